The van der Waals surface area contributed by atoms with Crippen molar-refractivity contribution in [1.29, 1.82) is 0 Å². The van der Waals surface area contributed by atoms with E-state index < -0.39 is 23.8 Å². The van der Waals surface area contributed by atoms with Crippen LogP contribution in [0.25, 0.3) is 16.7 Å². The van der Waals surface area contributed by atoms with Crippen LogP contribution >= 0.6 is 0 Å². The lowest BCUT2D eigenvalue weighted by Crippen LogP contribution is -2.46. The molecule has 13 heteroatoms. The monoisotopic (exact) mass is 398 g/mol. The van der Waals surface area contributed by atoms with Crippen LogP contribution in [0.15, 0.2) is 31.1 Å². The molecule has 1 unspecified atom stereocenters. The second kappa shape index (κ2) is 6.87. The molecule has 13 nitrogen and oxygen atoms in total. The molecule has 6 N–H and O–H groups in total. The highest BCUT2D eigenvalue weighted by Gasteiger charge is 2.43. The molecule has 1 aliphatic rings. The average Bonchev–Trinajstić information content (AvgIpc) is 3.41. The van der Waals surface area contributed by atoms with E-state index in [0.717, 1.165) is 0 Å². The summed E-state index contributed by atoms with van der Waals surface area (Å²) in [5, 5.41) is 12.6. The highest BCUT2D eigenvalue weighted by atomic mass is 16.7. The third-order valence-corrected chi connectivity index (χ3v) is 4.49. The largest absolute Gasteiger partial charge is 0.370 e. The van der Waals surface area contributed by atoms with Gasteiger partial charge < -0.3 is 11.5 Å². The summed E-state index contributed by atoms with van der Waals surface area (Å²) >= 11 is 0. The molecule has 3 aromatic rings. The highest BCUT2D eigenvalue weighted by Crippen LogP contribution is 2.35. The van der Waals surface area contributed by atoms with Crippen molar-refractivity contribution in [1.82, 2.24) is 35.1 Å². The van der Waals surface area contributed by atoms with E-state index in [4.69, 9.17) is 16.3 Å². The van der Waals surface area contributed by atoms with E-state index in [1.807, 2.05) is 6.92 Å². The van der Waals surface area contributed by atoms with E-state index in [9.17, 15) is 9.59 Å². The van der Waals surface area contributed by atoms with Crippen molar-refractivity contribution in [2.45, 2.75) is 25.5 Å². The standard InChI is InChI=1S/C16H18N10O3/c1-2-26-14-10(6-22-26)13(23-25-7-20-21-8-25)9(5-19-14)11-3-16(15(18)28,29-24-11)4-12(17)27/h3,5-8,24H,2,4H2,1H3,(H2,17,27)(H2,18,28)(H,19,23). The number of fused-ring (bicyclic) bond motifs is 1. The molecule has 0 fully saturated rings. The smallest absolute Gasteiger partial charge is 0.257 e. The van der Waals surface area contributed by atoms with Crippen molar-refractivity contribution in [3.05, 3.63) is 36.7 Å². The third-order valence-electron chi connectivity index (χ3n) is 4.49. The van der Waals surface area contributed by atoms with Gasteiger partial charge in [-0.25, -0.2) is 14.3 Å². The van der Waals surface area contributed by atoms with E-state index >= 15 is 0 Å². The number of rotatable bonds is 7. The van der Waals surface area contributed by atoms with E-state index in [1.165, 1.54) is 18.7 Å². The number of carbonyl (C=O) groups is 2. The molecule has 0 aliphatic carbocycles. The van der Waals surface area contributed by atoms with Gasteiger partial charge in [-0.15, -0.1) is 10.2 Å². The lowest BCUT2D eigenvalue weighted by atomic mass is 9.96. The Morgan fingerprint density at radius 3 is 2.69 bits per heavy atom. The molecule has 2 amide bonds. The molecule has 29 heavy (non-hydrogen) atoms. The van der Waals surface area contributed by atoms with Crippen molar-refractivity contribution in [3.63, 3.8) is 0 Å². The summed E-state index contributed by atoms with van der Waals surface area (Å²) in [6, 6.07) is 0. The molecule has 4 rings (SSSR count). The molecular formula is C16H18N10O3. The molecule has 0 bridgehead atoms. The maximum atomic E-state index is 12.0. The molecule has 0 saturated carbocycles. The zero-order valence-corrected chi connectivity index (χ0v) is 15.4. The summed E-state index contributed by atoms with van der Waals surface area (Å²) in [7, 11) is 0. The molecular weight excluding hydrogens is 380 g/mol. The SMILES string of the molecule is CCn1ncc2c(Nn3cnnc3)c(C3=CC(CC(N)=O)(C(N)=O)ON3)cnc21. The van der Waals surface area contributed by atoms with Gasteiger partial charge in [0, 0.05) is 18.3 Å². The molecule has 1 atom stereocenters. The third kappa shape index (κ3) is 3.12. The molecule has 4 heterocycles. The second-order valence-corrected chi connectivity index (χ2v) is 6.38. The van der Waals surface area contributed by atoms with E-state index in [-0.39, 0.29) is 0 Å². The number of nitrogens with zero attached hydrogens (tertiary/aromatic N) is 6. The predicted octanol–water partition coefficient (Wildman–Crippen LogP) is -1.11. The number of nitrogens with one attached hydrogen (secondary N) is 2. The minimum absolute atomic E-state index is 0.388. The zero-order chi connectivity index (χ0) is 20.6. The Morgan fingerprint density at radius 2 is 2.03 bits per heavy atom. The number of amides is 2. The van der Waals surface area contributed by atoms with Gasteiger partial charge in [0.2, 0.25) is 11.5 Å². The normalized spacial score (nSPS) is 18.4. The van der Waals surface area contributed by atoms with Gasteiger partial charge >= 0.3 is 0 Å². The van der Waals surface area contributed by atoms with Crippen LogP contribution in [-0.2, 0) is 21.0 Å². The van der Waals surface area contributed by atoms with Gasteiger partial charge in [0.05, 0.1) is 29.4 Å². The first-order chi connectivity index (χ1) is 13.9. The van der Waals surface area contributed by atoms with Gasteiger partial charge in [-0.05, 0) is 13.0 Å². The Hall–Kier alpha value is -4.00. The zero-order valence-electron chi connectivity index (χ0n) is 15.4. The first-order valence-electron chi connectivity index (χ1n) is 8.65. The van der Waals surface area contributed by atoms with Crippen LogP contribution in [-0.4, -0.2) is 47.1 Å². The van der Waals surface area contributed by atoms with Crippen LogP contribution in [0, 0.1) is 0 Å². The predicted molar refractivity (Wildman–Crippen MR) is 100 cm³/mol. The van der Waals surface area contributed by atoms with Gasteiger partial charge in [0.15, 0.2) is 5.65 Å². The van der Waals surface area contributed by atoms with Gasteiger partial charge in [-0.1, -0.05) is 0 Å². The highest BCUT2D eigenvalue weighted by molar-refractivity contribution is 5.98. The summed E-state index contributed by atoms with van der Waals surface area (Å²) in [6.07, 6.45) is 7.23. The minimum atomic E-state index is -1.70. The number of hydroxylamine groups is 1. The molecule has 1 aliphatic heterocycles. The Bertz CT molecular complexity index is 1120. The topological polar surface area (TPSA) is 181 Å². The van der Waals surface area contributed by atoms with Crippen molar-refractivity contribution >= 4 is 34.2 Å². The van der Waals surface area contributed by atoms with Crippen molar-refractivity contribution < 1.29 is 14.4 Å². The fourth-order valence-corrected chi connectivity index (χ4v) is 3.10. The van der Waals surface area contributed by atoms with Crippen LogP contribution in [0.2, 0.25) is 0 Å². The van der Waals surface area contributed by atoms with Crippen LogP contribution < -0.4 is 22.4 Å². The fourth-order valence-electron chi connectivity index (χ4n) is 3.10. The number of carbonyl (C=O) groups excluding carboxylic acids is 2. The lowest BCUT2D eigenvalue weighted by molar-refractivity contribution is -0.145. The average molecular weight is 398 g/mol. The number of nitrogens with two attached hydrogens (primary N) is 2. The van der Waals surface area contributed by atoms with Crippen molar-refractivity contribution in [2.24, 2.45) is 11.5 Å². The van der Waals surface area contributed by atoms with E-state index in [2.05, 4.69) is 31.2 Å². The number of hydrogen-bond acceptors (Lipinski definition) is 9. The number of aryl methyl sites for hydroxylation is 1. The molecule has 0 saturated heterocycles. The number of hydrogen-bond donors (Lipinski definition) is 4. The van der Waals surface area contributed by atoms with Crippen molar-refractivity contribution in [3.8, 4) is 0 Å². The van der Waals surface area contributed by atoms with Gasteiger partial charge in [-0.2, -0.15) is 5.10 Å². The summed E-state index contributed by atoms with van der Waals surface area (Å²) in [5.41, 5.74) is 17.0. The first kappa shape index (κ1) is 18.4. The fraction of sp³-hybridized carbons (Fsp3) is 0.250. The molecule has 0 aromatic carbocycles. The summed E-state index contributed by atoms with van der Waals surface area (Å²) < 4.78 is 3.28. The Labute approximate surface area is 163 Å². The molecule has 3 aromatic heterocycles. The second-order valence-electron chi connectivity index (χ2n) is 6.38. The maximum absolute atomic E-state index is 12.0. The molecule has 0 spiro atoms. The Balaban J connectivity index is 1.86. The van der Waals surface area contributed by atoms with Gasteiger partial charge in [0.1, 0.15) is 12.7 Å². The quantitative estimate of drug-likeness (QED) is 0.384. The molecule has 150 valence electrons. The minimum Gasteiger partial charge on any atom is -0.370 e. The van der Waals surface area contributed by atoms with Crippen LogP contribution in [0.5, 0.6) is 0 Å². The number of anilines is 1. The maximum Gasteiger partial charge on any atom is 0.257 e. The van der Waals surface area contributed by atoms with Crippen LogP contribution in [0.1, 0.15) is 18.9 Å². The van der Waals surface area contributed by atoms with Crippen LogP contribution in [0.4, 0.5) is 5.69 Å². The lowest BCUT2D eigenvalue weighted by Gasteiger charge is -2.19. The first-order valence-corrected chi connectivity index (χ1v) is 8.65. The van der Waals surface area contributed by atoms with Crippen LogP contribution in [0.3, 0.4) is 0 Å². The summed E-state index contributed by atoms with van der Waals surface area (Å²) in [6.45, 7) is 2.59. The summed E-state index contributed by atoms with van der Waals surface area (Å²) in [5.74, 6) is -1.58. The summed E-state index contributed by atoms with van der Waals surface area (Å²) in [4.78, 5) is 33.3. The van der Waals surface area contributed by atoms with Crippen molar-refractivity contribution in [2.75, 3.05) is 5.43 Å². The van der Waals surface area contributed by atoms with Gasteiger partial charge in [-0.3, -0.25) is 25.3 Å². The Kier molecular flexibility index (Phi) is 4.35. The number of aromatic nitrogens is 6. The molecule has 0 radical (unpaired) electrons. The Morgan fingerprint density at radius 1 is 1.28 bits per heavy atom. The number of primary amides is 2. The van der Waals surface area contributed by atoms with E-state index in [1.54, 1.807) is 21.8 Å². The van der Waals surface area contributed by atoms with E-state index in [0.29, 0.717) is 34.5 Å². The number of pyridine rings is 1. The van der Waals surface area contributed by atoms with Gasteiger partial charge in [0.25, 0.3) is 5.91 Å².